The number of aromatic nitrogens is 2. The molecule has 1 N–H and O–H groups in total. The van der Waals surface area contributed by atoms with Crippen molar-refractivity contribution in [1.82, 2.24) is 10.2 Å². The Balaban J connectivity index is 1.72. The van der Waals surface area contributed by atoms with Crippen LogP contribution < -0.4 is 10.1 Å². The smallest absolute Gasteiger partial charge is 0.322 e. The van der Waals surface area contributed by atoms with E-state index in [4.69, 9.17) is 13.6 Å². The SMILES string of the molecule is COc1ccc(C(=O)Nc2nnc(-c3ccco3)o2)cc1. The summed E-state index contributed by atoms with van der Waals surface area (Å²) in [6, 6.07) is 10.0. The van der Waals surface area contributed by atoms with E-state index in [1.54, 1.807) is 43.5 Å². The van der Waals surface area contributed by atoms with Gasteiger partial charge >= 0.3 is 6.01 Å². The Bertz CT molecular complexity index is 732. The average molecular weight is 285 g/mol. The number of anilines is 1. The van der Waals surface area contributed by atoms with Crippen molar-refractivity contribution >= 4 is 11.9 Å². The Morgan fingerprint density at radius 3 is 2.67 bits per heavy atom. The van der Waals surface area contributed by atoms with Gasteiger partial charge in [-0.1, -0.05) is 5.10 Å². The molecule has 0 aliphatic carbocycles. The summed E-state index contributed by atoms with van der Waals surface area (Å²) in [5.74, 6) is 0.953. The first-order chi connectivity index (χ1) is 10.3. The zero-order valence-corrected chi connectivity index (χ0v) is 11.1. The molecule has 0 spiro atoms. The molecule has 0 bridgehead atoms. The number of benzene rings is 1. The van der Waals surface area contributed by atoms with Crippen molar-refractivity contribution in [3.63, 3.8) is 0 Å². The molecular weight excluding hydrogens is 274 g/mol. The molecule has 3 rings (SSSR count). The minimum absolute atomic E-state index is 0.00205. The first-order valence-electron chi connectivity index (χ1n) is 6.09. The van der Waals surface area contributed by atoms with Crippen molar-refractivity contribution in [2.24, 2.45) is 0 Å². The van der Waals surface area contributed by atoms with E-state index in [0.29, 0.717) is 17.1 Å². The molecule has 0 atom stereocenters. The molecule has 21 heavy (non-hydrogen) atoms. The van der Waals surface area contributed by atoms with Gasteiger partial charge in [0.15, 0.2) is 5.76 Å². The summed E-state index contributed by atoms with van der Waals surface area (Å²) in [6.45, 7) is 0. The van der Waals surface area contributed by atoms with Crippen molar-refractivity contribution in [2.75, 3.05) is 12.4 Å². The molecule has 0 radical (unpaired) electrons. The van der Waals surface area contributed by atoms with E-state index in [9.17, 15) is 4.79 Å². The lowest BCUT2D eigenvalue weighted by molar-refractivity contribution is 0.102. The lowest BCUT2D eigenvalue weighted by atomic mass is 10.2. The predicted molar refractivity (Wildman–Crippen MR) is 72.9 cm³/mol. The molecule has 7 nitrogen and oxygen atoms in total. The molecule has 106 valence electrons. The fourth-order valence-corrected chi connectivity index (χ4v) is 1.69. The highest BCUT2D eigenvalue weighted by molar-refractivity contribution is 6.03. The van der Waals surface area contributed by atoms with E-state index < -0.39 is 0 Å². The van der Waals surface area contributed by atoms with Crippen LogP contribution in [-0.4, -0.2) is 23.2 Å². The third kappa shape index (κ3) is 2.76. The Morgan fingerprint density at radius 2 is 2.00 bits per heavy atom. The van der Waals surface area contributed by atoms with Crippen LogP contribution in [0.2, 0.25) is 0 Å². The molecule has 7 heteroatoms. The highest BCUT2D eigenvalue weighted by Gasteiger charge is 2.14. The van der Waals surface area contributed by atoms with Gasteiger partial charge in [0, 0.05) is 5.56 Å². The largest absolute Gasteiger partial charge is 0.497 e. The van der Waals surface area contributed by atoms with E-state index in [-0.39, 0.29) is 17.8 Å². The first-order valence-corrected chi connectivity index (χ1v) is 6.09. The monoisotopic (exact) mass is 285 g/mol. The molecule has 0 unspecified atom stereocenters. The quantitative estimate of drug-likeness (QED) is 0.792. The van der Waals surface area contributed by atoms with E-state index in [0.717, 1.165) is 0 Å². The van der Waals surface area contributed by atoms with Crippen LogP contribution in [0.4, 0.5) is 6.01 Å². The molecule has 1 amide bonds. The maximum atomic E-state index is 12.0. The van der Waals surface area contributed by atoms with Crippen molar-refractivity contribution < 1.29 is 18.4 Å². The summed E-state index contributed by atoms with van der Waals surface area (Å²) < 4.78 is 15.4. The molecule has 1 aromatic carbocycles. The molecular formula is C14H11N3O4. The minimum atomic E-state index is -0.354. The summed E-state index contributed by atoms with van der Waals surface area (Å²) >= 11 is 0. The van der Waals surface area contributed by atoms with Gasteiger partial charge in [-0.25, -0.2) is 0 Å². The van der Waals surface area contributed by atoms with Gasteiger partial charge in [-0.3, -0.25) is 10.1 Å². The number of rotatable bonds is 4. The third-order valence-corrected chi connectivity index (χ3v) is 2.73. The average Bonchev–Trinajstić information content (AvgIpc) is 3.18. The lowest BCUT2D eigenvalue weighted by Crippen LogP contribution is -2.11. The molecule has 3 aromatic rings. The number of furan rings is 1. The highest BCUT2D eigenvalue weighted by atomic mass is 16.5. The topological polar surface area (TPSA) is 90.4 Å². The number of nitrogens with one attached hydrogen (secondary N) is 1. The molecule has 0 saturated carbocycles. The molecule has 0 saturated heterocycles. The third-order valence-electron chi connectivity index (χ3n) is 2.73. The van der Waals surface area contributed by atoms with Crippen LogP contribution in [-0.2, 0) is 0 Å². The van der Waals surface area contributed by atoms with Crippen LogP contribution >= 0.6 is 0 Å². The highest BCUT2D eigenvalue weighted by Crippen LogP contribution is 2.20. The predicted octanol–water partition coefficient (Wildman–Crippen LogP) is 2.59. The van der Waals surface area contributed by atoms with Gasteiger partial charge in [0.05, 0.1) is 13.4 Å². The maximum Gasteiger partial charge on any atom is 0.322 e. The van der Waals surface area contributed by atoms with E-state index >= 15 is 0 Å². The number of hydrogen-bond donors (Lipinski definition) is 1. The van der Waals surface area contributed by atoms with Crippen molar-refractivity contribution in [3.8, 4) is 17.4 Å². The van der Waals surface area contributed by atoms with Gasteiger partial charge in [0.1, 0.15) is 5.75 Å². The number of methoxy groups -OCH3 is 1. The number of ether oxygens (including phenoxy) is 1. The van der Waals surface area contributed by atoms with Gasteiger partial charge < -0.3 is 13.6 Å². The fourth-order valence-electron chi connectivity index (χ4n) is 1.69. The number of hydrogen-bond acceptors (Lipinski definition) is 6. The summed E-state index contributed by atoms with van der Waals surface area (Å²) in [5.41, 5.74) is 0.452. The summed E-state index contributed by atoms with van der Waals surface area (Å²) in [5, 5.41) is 10.0. The van der Waals surface area contributed by atoms with Crippen LogP contribution in [0.15, 0.2) is 51.5 Å². The van der Waals surface area contributed by atoms with Crippen molar-refractivity contribution in [3.05, 3.63) is 48.2 Å². The van der Waals surface area contributed by atoms with Gasteiger partial charge in [0.2, 0.25) is 0 Å². The number of carbonyl (C=O) groups is 1. The van der Waals surface area contributed by atoms with Crippen LogP contribution in [0.25, 0.3) is 11.7 Å². The van der Waals surface area contributed by atoms with Crippen molar-refractivity contribution in [1.29, 1.82) is 0 Å². The van der Waals surface area contributed by atoms with Crippen molar-refractivity contribution in [2.45, 2.75) is 0 Å². The molecule has 0 fully saturated rings. The van der Waals surface area contributed by atoms with Crippen LogP contribution in [0, 0.1) is 0 Å². The Kier molecular flexibility index (Phi) is 3.38. The molecule has 2 aromatic heterocycles. The molecule has 0 aliphatic rings. The zero-order valence-electron chi connectivity index (χ0n) is 11.1. The normalized spacial score (nSPS) is 10.3. The fraction of sp³-hybridized carbons (Fsp3) is 0.0714. The number of nitrogens with zero attached hydrogens (tertiary/aromatic N) is 2. The van der Waals surface area contributed by atoms with Gasteiger partial charge in [-0.05, 0) is 36.4 Å². The minimum Gasteiger partial charge on any atom is -0.497 e. The van der Waals surface area contributed by atoms with Gasteiger partial charge in [-0.2, -0.15) is 0 Å². The van der Waals surface area contributed by atoms with E-state index in [1.165, 1.54) is 6.26 Å². The zero-order chi connectivity index (χ0) is 14.7. The van der Waals surface area contributed by atoms with E-state index in [1.807, 2.05) is 0 Å². The van der Waals surface area contributed by atoms with Crippen LogP contribution in [0.3, 0.4) is 0 Å². The first kappa shape index (κ1) is 12.9. The second-order valence-electron chi connectivity index (χ2n) is 4.07. The second kappa shape index (κ2) is 5.49. The number of amides is 1. The Hall–Kier alpha value is -3.09. The molecule has 0 aliphatic heterocycles. The Morgan fingerprint density at radius 1 is 1.19 bits per heavy atom. The molecule has 2 heterocycles. The maximum absolute atomic E-state index is 12.0. The second-order valence-corrected chi connectivity index (χ2v) is 4.07. The van der Waals surface area contributed by atoms with Crippen LogP contribution in [0.5, 0.6) is 5.75 Å². The summed E-state index contributed by atoms with van der Waals surface area (Å²) in [6.07, 6.45) is 1.50. The van der Waals surface area contributed by atoms with Crippen LogP contribution in [0.1, 0.15) is 10.4 Å². The summed E-state index contributed by atoms with van der Waals surface area (Å²) in [4.78, 5) is 12.0. The van der Waals surface area contributed by atoms with Gasteiger partial charge in [-0.15, -0.1) is 5.10 Å². The Labute approximate surface area is 119 Å². The van der Waals surface area contributed by atoms with E-state index in [2.05, 4.69) is 15.5 Å². The number of carbonyl (C=O) groups excluding carboxylic acids is 1. The lowest BCUT2D eigenvalue weighted by Gasteiger charge is -2.02. The standard InChI is InChI=1S/C14H11N3O4/c1-19-10-6-4-9(5-7-10)12(18)15-14-17-16-13(21-14)11-3-2-8-20-11/h2-8H,1H3,(H,15,17,18). The van der Waals surface area contributed by atoms with Gasteiger partial charge in [0.25, 0.3) is 11.8 Å². The summed E-state index contributed by atoms with van der Waals surface area (Å²) in [7, 11) is 1.56.